The highest BCUT2D eigenvalue weighted by Crippen LogP contribution is 2.57. The highest BCUT2D eigenvalue weighted by Gasteiger charge is 2.62. The van der Waals surface area contributed by atoms with Crippen molar-refractivity contribution in [2.24, 2.45) is 5.41 Å². The van der Waals surface area contributed by atoms with Gasteiger partial charge in [-0.05, 0) is 48.6 Å². The number of benzene rings is 3. The van der Waals surface area contributed by atoms with Crippen molar-refractivity contribution < 1.29 is 9.59 Å². The Hall–Kier alpha value is -4.19. The van der Waals surface area contributed by atoms with Gasteiger partial charge in [-0.25, -0.2) is 4.79 Å². The molecule has 0 radical (unpaired) electrons. The van der Waals surface area contributed by atoms with Gasteiger partial charge in [0.05, 0.1) is 22.8 Å². The molecular weight excluding hydrogens is 436 g/mol. The standard InChI is InChI=1S/C29H26N4O2/c34-27-29(26(25-14-6-7-18-30-25)33(27)22-11-2-1-3-12-22)16-19-32(20-17-29)28(35)31-24-15-8-10-21-9-4-5-13-23(21)24/h1-15,18,26H,16-17,19-20H2,(H,31,35). The third kappa shape index (κ3) is 3.53. The lowest BCUT2D eigenvalue weighted by molar-refractivity contribution is -0.144. The Bertz CT molecular complexity index is 1380. The van der Waals surface area contributed by atoms with Crippen molar-refractivity contribution in [1.82, 2.24) is 9.88 Å². The van der Waals surface area contributed by atoms with Crippen LogP contribution in [0.5, 0.6) is 0 Å². The summed E-state index contributed by atoms with van der Waals surface area (Å²) < 4.78 is 0. The minimum absolute atomic E-state index is 0.119. The molecule has 1 N–H and O–H groups in total. The van der Waals surface area contributed by atoms with Crippen molar-refractivity contribution >= 4 is 34.1 Å². The van der Waals surface area contributed by atoms with Crippen LogP contribution in [0, 0.1) is 5.41 Å². The number of nitrogens with zero attached hydrogens (tertiary/aromatic N) is 3. The van der Waals surface area contributed by atoms with E-state index in [0.29, 0.717) is 25.9 Å². The monoisotopic (exact) mass is 462 g/mol. The smallest absolute Gasteiger partial charge is 0.321 e. The zero-order chi connectivity index (χ0) is 23.8. The molecule has 0 aliphatic carbocycles. The molecule has 2 aliphatic heterocycles. The van der Waals surface area contributed by atoms with Gasteiger partial charge < -0.3 is 15.1 Å². The fourth-order valence-electron chi connectivity index (χ4n) is 5.59. The van der Waals surface area contributed by atoms with Crippen LogP contribution in [0.2, 0.25) is 0 Å². The highest BCUT2D eigenvalue weighted by atomic mass is 16.2. The number of carbonyl (C=O) groups excluding carboxylic acids is 2. The van der Waals surface area contributed by atoms with Gasteiger partial charge in [0.2, 0.25) is 5.91 Å². The second kappa shape index (κ2) is 8.55. The van der Waals surface area contributed by atoms with Crippen molar-refractivity contribution in [2.45, 2.75) is 18.9 Å². The molecule has 2 saturated heterocycles. The third-order valence-electron chi connectivity index (χ3n) is 7.40. The first kappa shape index (κ1) is 21.4. The number of carbonyl (C=O) groups is 2. The van der Waals surface area contributed by atoms with Crippen LogP contribution in [0.1, 0.15) is 24.6 Å². The van der Waals surface area contributed by atoms with Gasteiger partial charge >= 0.3 is 6.03 Å². The van der Waals surface area contributed by atoms with Gasteiger partial charge in [0.15, 0.2) is 0 Å². The number of para-hydroxylation sites is 1. The summed E-state index contributed by atoms with van der Waals surface area (Å²) in [6, 6.07) is 29.3. The van der Waals surface area contributed by atoms with Crippen LogP contribution < -0.4 is 10.2 Å². The molecule has 6 rings (SSSR count). The van der Waals surface area contributed by atoms with E-state index in [4.69, 9.17) is 0 Å². The van der Waals surface area contributed by atoms with Crippen LogP contribution in [0.3, 0.4) is 0 Å². The van der Waals surface area contributed by atoms with Gasteiger partial charge in [-0.2, -0.15) is 0 Å². The minimum atomic E-state index is -0.541. The van der Waals surface area contributed by atoms with Gasteiger partial charge in [-0.1, -0.05) is 60.7 Å². The van der Waals surface area contributed by atoms with Crippen molar-refractivity contribution in [3.63, 3.8) is 0 Å². The predicted molar refractivity (Wildman–Crippen MR) is 137 cm³/mol. The molecule has 4 aromatic rings. The number of piperidine rings is 1. The predicted octanol–water partition coefficient (Wildman–Crippen LogP) is 5.64. The maximum atomic E-state index is 13.6. The number of rotatable bonds is 3. The number of nitrogens with one attached hydrogen (secondary N) is 1. The molecule has 6 nitrogen and oxygen atoms in total. The fourth-order valence-corrected chi connectivity index (χ4v) is 5.59. The van der Waals surface area contributed by atoms with Gasteiger partial charge in [-0.15, -0.1) is 0 Å². The second-order valence-electron chi connectivity index (χ2n) is 9.27. The summed E-state index contributed by atoms with van der Waals surface area (Å²) in [6.45, 7) is 1.04. The molecule has 174 valence electrons. The molecule has 1 aromatic heterocycles. The Labute approximate surface area is 204 Å². The normalized spacial score (nSPS) is 19.0. The minimum Gasteiger partial charge on any atom is -0.324 e. The van der Waals surface area contributed by atoms with Gasteiger partial charge in [-0.3, -0.25) is 9.78 Å². The molecule has 3 aromatic carbocycles. The zero-order valence-electron chi connectivity index (χ0n) is 19.3. The Kier molecular flexibility index (Phi) is 5.21. The lowest BCUT2D eigenvalue weighted by Gasteiger charge is -2.58. The molecule has 3 amide bonds. The lowest BCUT2D eigenvalue weighted by Crippen LogP contribution is -2.67. The van der Waals surface area contributed by atoms with Gasteiger partial charge in [0.25, 0.3) is 0 Å². The number of hydrogen-bond acceptors (Lipinski definition) is 3. The molecule has 0 bridgehead atoms. The van der Waals surface area contributed by atoms with Crippen molar-refractivity contribution in [1.29, 1.82) is 0 Å². The van der Waals surface area contributed by atoms with E-state index in [-0.39, 0.29) is 18.0 Å². The highest BCUT2D eigenvalue weighted by molar-refractivity contribution is 6.06. The Morgan fingerprint density at radius 2 is 1.57 bits per heavy atom. The molecule has 2 aliphatic rings. The first-order valence-electron chi connectivity index (χ1n) is 12.0. The average Bonchev–Trinajstić information content (AvgIpc) is 2.92. The summed E-state index contributed by atoms with van der Waals surface area (Å²) >= 11 is 0. The van der Waals surface area contributed by atoms with E-state index in [2.05, 4.69) is 10.3 Å². The molecule has 3 heterocycles. The van der Waals surface area contributed by atoms with Crippen LogP contribution in [-0.4, -0.2) is 34.9 Å². The number of β-lactam (4-membered cyclic amide) rings is 1. The Balaban J connectivity index is 1.22. The molecule has 35 heavy (non-hydrogen) atoms. The van der Waals surface area contributed by atoms with Crippen LogP contribution in [0.25, 0.3) is 10.8 Å². The maximum absolute atomic E-state index is 13.6. The number of likely N-dealkylation sites (tertiary alicyclic amines) is 1. The van der Waals surface area contributed by atoms with E-state index < -0.39 is 5.41 Å². The van der Waals surface area contributed by atoms with Crippen LogP contribution in [-0.2, 0) is 4.79 Å². The maximum Gasteiger partial charge on any atom is 0.321 e. The number of anilines is 2. The topological polar surface area (TPSA) is 65.5 Å². The molecule has 1 spiro atoms. The van der Waals surface area contributed by atoms with Crippen molar-refractivity contribution in [2.75, 3.05) is 23.3 Å². The first-order valence-corrected chi connectivity index (χ1v) is 12.0. The molecule has 1 unspecified atom stereocenters. The van der Waals surface area contributed by atoms with Crippen LogP contribution in [0.4, 0.5) is 16.2 Å². The molecule has 6 heteroatoms. The molecule has 0 saturated carbocycles. The van der Waals surface area contributed by atoms with E-state index >= 15 is 0 Å². The van der Waals surface area contributed by atoms with Gasteiger partial charge in [0, 0.05) is 30.4 Å². The summed E-state index contributed by atoms with van der Waals surface area (Å²) in [4.78, 5) is 35.1. The quantitative estimate of drug-likeness (QED) is 0.401. The fraction of sp³-hybridized carbons (Fsp3) is 0.207. The average molecular weight is 463 g/mol. The Morgan fingerprint density at radius 1 is 0.857 bits per heavy atom. The summed E-state index contributed by atoms with van der Waals surface area (Å²) in [5.41, 5.74) is 2.04. The number of aromatic nitrogens is 1. The summed E-state index contributed by atoms with van der Waals surface area (Å²) in [5.74, 6) is 0.119. The number of pyridine rings is 1. The van der Waals surface area contributed by atoms with Crippen molar-refractivity contribution in [3.05, 3.63) is 103 Å². The molecular formula is C29H26N4O2. The van der Waals surface area contributed by atoms with Crippen molar-refractivity contribution in [3.8, 4) is 0 Å². The zero-order valence-corrected chi connectivity index (χ0v) is 19.3. The van der Waals surface area contributed by atoms with Crippen LogP contribution in [0.15, 0.2) is 97.2 Å². The van der Waals surface area contributed by atoms with Crippen LogP contribution >= 0.6 is 0 Å². The number of hydrogen-bond donors (Lipinski definition) is 1. The van der Waals surface area contributed by atoms with E-state index in [1.54, 1.807) is 6.20 Å². The van der Waals surface area contributed by atoms with E-state index in [1.807, 2.05) is 101 Å². The van der Waals surface area contributed by atoms with Gasteiger partial charge in [0.1, 0.15) is 0 Å². The summed E-state index contributed by atoms with van der Waals surface area (Å²) in [6.07, 6.45) is 3.00. The lowest BCUT2D eigenvalue weighted by atomic mass is 9.63. The SMILES string of the molecule is O=C(Nc1cccc2ccccc12)N1CCC2(CC1)C(=O)N(c1ccccc1)C2c1ccccn1. The summed E-state index contributed by atoms with van der Waals surface area (Å²) in [5, 5.41) is 5.19. The number of amides is 3. The largest absolute Gasteiger partial charge is 0.324 e. The van der Waals surface area contributed by atoms with E-state index in [1.165, 1.54) is 0 Å². The van der Waals surface area contributed by atoms with E-state index in [9.17, 15) is 9.59 Å². The number of urea groups is 1. The Morgan fingerprint density at radius 3 is 2.34 bits per heavy atom. The molecule has 1 atom stereocenters. The molecule has 2 fully saturated rings. The third-order valence-corrected chi connectivity index (χ3v) is 7.40. The first-order chi connectivity index (χ1) is 17.2. The summed E-state index contributed by atoms with van der Waals surface area (Å²) in [7, 11) is 0. The second-order valence-corrected chi connectivity index (χ2v) is 9.27. The number of fused-ring (bicyclic) bond motifs is 1. The van der Waals surface area contributed by atoms with E-state index in [0.717, 1.165) is 27.8 Å².